The third-order valence-electron chi connectivity index (χ3n) is 3.89. The fourth-order valence-corrected chi connectivity index (χ4v) is 3.46. The zero-order chi connectivity index (χ0) is 20.1. The first-order chi connectivity index (χ1) is 12.6. The lowest BCUT2D eigenvalue weighted by Gasteiger charge is -2.19. The molecule has 2 rings (SSSR count). The molecule has 148 valence electrons. The Morgan fingerprint density at radius 3 is 2.00 bits per heavy atom. The standard InChI is InChI=1S/C21H29NO4S/c1-16(2)26-19-10-12-20(13-11-19)27(23,24)22-14-15-25-18-8-6-17(7-9-18)21(3,4)5/h6-13,16,22H,14-15H2,1-5H3. The number of benzene rings is 2. The van der Waals surface area contributed by atoms with E-state index in [0.717, 1.165) is 5.75 Å². The van der Waals surface area contributed by atoms with E-state index >= 15 is 0 Å². The molecule has 0 atom stereocenters. The number of hydrogen-bond donors (Lipinski definition) is 1. The van der Waals surface area contributed by atoms with E-state index < -0.39 is 10.0 Å². The molecule has 2 aromatic rings. The van der Waals surface area contributed by atoms with Crippen LogP contribution in [0.25, 0.3) is 0 Å². The highest BCUT2D eigenvalue weighted by atomic mass is 32.2. The summed E-state index contributed by atoms with van der Waals surface area (Å²) in [5.41, 5.74) is 1.31. The lowest BCUT2D eigenvalue weighted by Crippen LogP contribution is -2.28. The maximum Gasteiger partial charge on any atom is 0.240 e. The van der Waals surface area contributed by atoms with Gasteiger partial charge in [0.1, 0.15) is 18.1 Å². The van der Waals surface area contributed by atoms with Gasteiger partial charge >= 0.3 is 0 Å². The highest BCUT2D eigenvalue weighted by molar-refractivity contribution is 7.89. The SMILES string of the molecule is CC(C)Oc1ccc(S(=O)(=O)NCCOc2ccc(C(C)(C)C)cc2)cc1. The Morgan fingerprint density at radius 2 is 1.48 bits per heavy atom. The molecule has 5 nitrogen and oxygen atoms in total. The Balaban J connectivity index is 1.85. The minimum atomic E-state index is -3.57. The van der Waals surface area contributed by atoms with Gasteiger partial charge in [0.05, 0.1) is 11.0 Å². The van der Waals surface area contributed by atoms with Crippen LogP contribution in [0.15, 0.2) is 53.4 Å². The molecule has 0 fully saturated rings. The molecule has 27 heavy (non-hydrogen) atoms. The Labute approximate surface area is 162 Å². The molecule has 0 bridgehead atoms. The Kier molecular flexibility index (Phi) is 6.89. The molecule has 2 aromatic carbocycles. The zero-order valence-electron chi connectivity index (χ0n) is 16.7. The Morgan fingerprint density at radius 1 is 0.926 bits per heavy atom. The van der Waals surface area contributed by atoms with Crippen LogP contribution < -0.4 is 14.2 Å². The van der Waals surface area contributed by atoms with Crippen LogP contribution >= 0.6 is 0 Å². The second kappa shape index (κ2) is 8.76. The summed E-state index contributed by atoms with van der Waals surface area (Å²) in [5.74, 6) is 1.36. The first kappa shape index (κ1) is 21.3. The van der Waals surface area contributed by atoms with E-state index in [0.29, 0.717) is 5.75 Å². The molecule has 0 aliphatic carbocycles. The van der Waals surface area contributed by atoms with E-state index in [4.69, 9.17) is 9.47 Å². The van der Waals surface area contributed by atoms with Gasteiger partial charge in [-0.25, -0.2) is 13.1 Å². The van der Waals surface area contributed by atoms with E-state index in [9.17, 15) is 8.42 Å². The quantitative estimate of drug-likeness (QED) is 0.687. The van der Waals surface area contributed by atoms with Crippen molar-refractivity contribution in [1.29, 1.82) is 0 Å². The summed E-state index contributed by atoms with van der Waals surface area (Å²) in [6, 6.07) is 14.2. The van der Waals surface area contributed by atoms with Crippen LogP contribution in [0, 0.1) is 0 Å². The molecule has 0 saturated carbocycles. The van der Waals surface area contributed by atoms with Gasteiger partial charge in [0, 0.05) is 6.54 Å². The first-order valence-corrected chi connectivity index (χ1v) is 10.6. The molecular formula is C21H29NO4S. The molecule has 0 aromatic heterocycles. The van der Waals surface area contributed by atoms with E-state index in [-0.39, 0.29) is 29.6 Å². The Hall–Kier alpha value is -2.05. The van der Waals surface area contributed by atoms with Crippen LogP contribution in [0.5, 0.6) is 11.5 Å². The summed E-state index contributed by atoms with van der Waals surface area (Å²) in [5, 5.41) is 0. The molecule has 0 unspecified atom stereocenters. The summed E-state index contributed by atoms with van der Waals surface area (Å²) >= 11 is 0. The van der Waals surface area contributed by atoms with Crippen LogP contribution in [0.3, 0.4) is 0 Å². The lowest BCUT2D eigenvalue weighted by atomic mass is 9.87. The zero-order valence-corrected chi connectivity index (χ0v) is 17.5. The number of ether oxygens (including phenoxy) is 2. The fraction of sp³-hybridized carbons (Fsp3) is 0.429. The van der Waals surface area contributed by atoms with E-state index in [1.54, 1.807) is 12.1 Å². The molecule has 6 heteroatoms. The van der Waals surface area contributed by atoms with Gasteiger partial charge in [-0.15, -0.1) is 0 Å². The number of sulfonamides is 1. The maximum atomic E-state index is 12.3. The summed E-state index contributed by atoms with van der Waals surface area (Å²) in [4.78, 5) is 0.202. The van der Waals surface area contributed by atoms with Gasteiger partial charge < -0.3 is 9.47 Å². The minimum absolute atomic E-state index is 0.0418. The van der Waals surface area contributed by atoms with Gasteiger partial charge in [-0.05, 0) is 61.2 Å². The third kappa shape index (κ3) is 6.56. The van der Waals surface area contributed by atoms with Crippen molar-refractivity contribution < 1.29 is 17.9 Å². The molecule has 0 aliphatic rings. The minimum Gasteiger partial charge on any atom is -0.492 e. The molecule has 1 N–H and O–H groups in total. The van der Waals surface area contributed by atoms with Gasteiger partial charge in [-0.2, -0.15) is 0 Å². The van der Waals surface area contributed by atoms with Crippen molar-refractivity contribution in [2.75, 3.05) is 13.2 Å². The number of hydrogen-bond acceptors (Lipinski definition) is 4. The van der Waals surface area contributed by atoms with E-state index in [2.05, 4.69) is 25.5 Å². The van der Waals surface area contributed by atoms with Crippen LogP contribution in [0.2, 0.25) is 0 Å². The van der Waals surface area contributed by atoms with Gasteiger partial charge in [0.25, 0.3) is 0 Å². The topological polar surface area (TPSA) is 64.6 Å². The Bertz CT molecular complexity index is 820. The van der Waals surface area contributed by atoms with Crippen LogP contribution in [-0.4, -0.2) is 27.7 Å². The van der Waals surface area contributed by atoms with Gasteiger partial charge in [0.15, 0.2) is 0 Å². The van der Waals surface area contributed by atoms with Crippen molar-refractivity contribution in [3.05, 3.63) is 54.1 Å². The summed E-state index contributed by atoms with van der Waals surface area (Å²) in [6.07, 6.45) is 0.0418. The third-order valence-corrected chi connectivity index (χ3v) is 5.37. The van der Waals surface area contributed by atoms with Gasteiger partial charge in [-0.3, -0.25) is 0 Å². The second-order valence-electron chi connectivity index (χ2n) is 7.66. The van der Waals surface area contributed by atoms with E-state index in [1.165, 1.54) is 17.7 Å². The first-order valence-electron chi connectivity index (χ1n) is 9.08. The highest BCUT2D eigenvalue weighted by Crippen LogP contribution is 2.24. The van der Waals surface area contributed by atoms with Crippen LogP contribution in [0.4, 0.5) is 0 Å². The lowest BCUT2D eigenvalue weighted by molar-refractivity contribution is 0.242. The summed E-state index contributed by atoms with van der Waals surface area (Å²) in [6.45, 7) is 10.7. The number of nitrogens with one attached hydrogen (secondary N) is 1. The molecule has 0 spiro atoms. The maximum absolute atomic E-state index is 12.3. The van der Waals surface area contributed by atoms with Crippen molar-refractivity contribution in [3.8, 4) is 11.5 Å². The van der Waals surface area contributed by atoms with Crippen molar-refractivity contribution >= 4 is 10.0 Å². The van der Waals surface area contributed by atoms with Crippen molar-refractivity contribution in [2.45, 2.75) is 51.0 Å². The largest absolute Gasteiger partial charge is 0.492 e. The smallest absolute Gasteiger partial charge is 0.240 e. The molecular weight excluding hydrogens is 362 g/mol. The van der Waals surface area contributed by atoms with Crippen molar-refractivity contribution in [1.82, 2.24) is 4.72 Å². The predicted molar refractivity (Wildman–Crippen MR) is 108 cm³/mol. The summed E-state index contributed by atoms with van der Waals surface area (Å²) < 4.78 is 38.3. The second-order valence-corrected chi connectivity index (χ2v) is 9.43. The van der Waals surface area contributed by atoms with Gasteiger partial charge in [0.2, 0.25) is 10.0 Å². The van der Waals surface area contributed by atoms with Crippen molar-refractivity contribution in [3.63, 3.8) is 0 Å². The molecule has 0 radical (unpaired) electrons. The van der Waals surface area contributed by atoms with E-state index in [1.807, 2.05) is 38.1 Å². The van der Waals surface area contributed by atoms with Crippen molar-refractivity contribution in [2.24, 2.45) is 0 Å². The normalized spacial score (nSPS) is 12.2. The highest BCUT2D eigenvalue weighted by Gasteiger charge is 2.14. The fourth-order valence-electron chi connectivity index (χ4n) is 2.45. The average Bonchev–Trinajstić information content (AvgIpc) is 2.58. The molecule has 0 amide bonds. The van der Waals surface area contributed by atoms with Crippen LogP contribution in [0.1, 0.15) is 40.2 Å². The number of rotatable bonds is 8. The predicted octanol–water partition coefficient (Wildman–Crippen LogP) is 4.13. The summed E-state index contributed by atoms with van der Waals surface area (Å²) in [7, 11) is -3.57. The monoisotopic (exact) mass is 391 g/mol. The van der Waals surface area contributed by atoms with Gasteiger partial charge in [-0.1, -0.05) is 32.9 Å². The van der Waals surface area contributed by atoms with Crippen LogP contribution in [-0.2, 0) is 15.4 Å². The average molecular weight is 392 g/mol. The molecule has 0 aliphatic heterocycles. The molecule has 0 saturated heterocycles. The molecule has 0 heterocycles.